The number of halogens is 3. The molecule has 1 rings (SSSR count). The van der Waals surface area contributed by atoms with Crippen molar-refractivity contribution in [3.63, 3.8) is 0 Å². The number of rotatable bonds is 2. The molecule has 1 aromatic heterocycles. The minimum atomic E-state index is -0.548. The van der Waals surface area contributed by atoms with Crippen molar-refractivity contribution < 1.29 is 4.79 Å². The summed E-state index contributed by atoms with van der Waals surface area (Å²) in [5.41, 5.74) is 0.566. The highest BCUT2D eigenvalue weighted by Crippen LogP contribution is 2.25. The van der Waals surface area contributed by atoms with Crippen LogP contribution in [0.3, 0.4) is 0 Å². The molecule has 15 heavy (non-hydrogen) atoms. The van der Waals surface area contributed by atoms with Gasteiger partial charge in [-0.15, -0.1) is 0 Å². The molecule has 0 unspecified atom stereocenters. The van der Waals surface area contributed by atoms with E-state index in [9.17, 15) is 4.79 Å². The van der Waals surface area contributed by atoms with Gasteiger partial charge in [-0.1, -0.05) is 41.4 Å². The SMILES string of the molecule is C=C(Cl)C(=O)Nc1nc(C)c(Cl)cc1Cl. The Morgan fingerprint density at radius 2 is 2.07 bits per heavy atom. The fourth-order valence-corrected chi connectivity index (χ4v) is 1.27. The Kier molecular flexibility index (Phi) is 3.97. The van der Waals surface area contributed by atoms with E-state index in [1.165, 1.54) is 6.07 Å². The third-order valence-corrected chi connectivity index (χ3v) is 2.43. The molecule has 3 nitrogen and oxygen atoms in total. The highest BCUT2D eigenvalue weighted by atomic mass is 35.5. The van der Waals surface area contributed by atoms with Crippen LogP contribution in [-0.2, 0) is 4.79 Å². The molecule has 0 aliphatic rings. The van der Waals surface area contributed by atoms with Crippen LogP contribution in [0, 0.1) is 6.92 Å². The number of amides is 1. The molecule has 0 atom stereocenters. The lowest BCUT2D eigenvalue weighted by atomic mass is 10.3. The summed E-state index contributed by atoms with van der Waals surface area (Å²) in [7, 11) is 0. The van der Waals surface area contributed by atoms with Crippen molar-refractivity contribution in [3.05, 3.63) is 33.4 Å². The Hall–Kier alpha value is -0.770. The number of pyridine rings is 1. The smallest absolute Gasteiger partial charge is 0.267 e. The van der Waals surface area contributed by atoms with Crippen LogP contribution in [0.5, 0.6) is 0 Å². The zero-order valence-electron chi connectivity index (χ0n) is 7.77. The van der Waals surface area contributed by atoms with Gasteiger partial charge in [0.05, 0.1) is 20.8 Å². The van der Waals surface area contributed by atoms with E-state index < -0.39 is 5.91 Å². The van der Waals surface area contributed by atoms with Gasteiger partial charge in [0.15, 0.2) is 5.82 Å². The van der Waals surface area contributed by atoms with E-state index in [0.717, 1.165) is 0 Å². The molecule has 0 aliphatic carbocycles. The lowest BCUT2D eigenvalue weighted by Crippen LogP contribution is -2.12. The molecule has 0 aromatic carbocycles. The number of hydrogen-bond acceptors (Lipinski definition) is 2. The van der Waals surface area contributed by atoms with Gasteiger partial charge in [0.2, 0.25) is 0 Å². The standard InChI is InChI=1S/C9H7Cl3N2O/c1-4(10)9(15)14-8-7(12)3-6(11)5(2)13-8/h3H,1H2,2H3,(H,13,14,15). The fraction of sp³-hybridized carbons (Fsp3) is 0.111. The lowest BCUT2D eigenvalue weighted by molar-refractivity contribution is -0.112. The third-order valence-electron chi connectivity index (χ3n) is 1.58. The molecule has 0 saturated heterocycles. The van der Waals surface area contributed by atoms with Crippen molar-refractivity contribution in [2.24, 2.45) is 0 Å². The summed E-state index contributed by atoms with van der Waals surface area (Å²) < 4.78 is 0. The number of anilines is 1. The normalized spacial score (nSPS) is 9.87. The zero-order chi connectivity index (χ0) is 11.6. The first-order valence-corrected chi connectivity index (χ1v) is 5.03. The zero-order valence-corrected chi connectivity index (χ0v) is 10.0. The summed E-state index contributed by atoms with van der Waals surface area (Å²) in [4.78, 5) is 15.2. The average molecular weight is 266 g/mol. The summed E-state index contributed by atoms with van der Waals surface area (Å²) >= 11 is 17.0. The summed E-state index contributed by atoms with van der Waals surface area (Å²) in [6.45, 7) is 4.98. The maximum atomic E-state index is 11.2. The molecule has 1 amide bonds. The van der Waals surface area contributed by atoms with Crippen molar-refractivity contribution in [1.29, 1.82) is 0 Å². The first kappa shape index (κ1) is 12.3. The number of nitrogens with zero attached hydrogens (tertiary/aromatic N) is 1. The fourth-order valence-electron chi connectivity index (χ4n) is 0.822. The Labute approximate surface area is 102 Å². The quantitative estimate of drug-likeness (QED) is 0.833. The van der Waals surface area contributed by atoms with E-state index in [4.69, 9.17) is 34.8 Å². The maximum absolute atomic E-state index is 11.2. The summed E-state index contributed by atoms with van der Waals surface area (Å²) in [6.07, 6.45) is 0. The largest absolute Gasteiger partial charge is 0.305 e. The van der Waals surface area contributed by atoms with Crippen LogP contribution in [-0.4, -0.2) is 10.9 Å². The van der Waals surface area contributed by atoms with E-state index >= 15 is 0 Å². The van der Waals surface area contributed by atoms with Crippen molar-refractivity contribution in [2.75, 3.05) is 5.32 Å². The van der Waals surface area contributed by atoms with Crippen LogP contribution in [0.1, 0.15) is 5.69 Å². The highest BCUT2D eigenvalue weighted by molar-refractivity contribution is 6.44. The molecule has 0 saturated carbocycles. The minimum absolute atomic E-state index is 0.138. The van der Waals surface area contributed by atoms with Gasteiger partial charge in [0, 0.05) is 0 Å². The number of aryl methyl sites for hydroxylation is 1. The molecule has 0 fully saturated rings. The van der Waals surface area contributed by atoms with Crippen LogP contribution in [0.4, 0.5) is 5.82 Å². The van der Waals surface area contributed by atoms with Gasteiger partial charge in [-0.2, -0.15) is 0 Å². The molecule has 0 spiro atoms. The van der Waals surface area contributed by atoms with Crippen LogP contribution in [0.2, 0.25) is 10.0 Å². The second-order valence-corrected chi connectivity index (χ2v) is 4.02. The summed E-state index contributed by atoms with van der Waals surface area (Å²) in [5.74, 6) is -0.335. The molecular formula is C9H7Cl3N2O. The molecule has 0 bridgehead atoms. The molecule has 1 aromatic rings. The molecule has 0 radical (unpaired) electrons. The van der Waals surface area contributed by atoms with Crippen molar-refractivity contribution >= 4 is 46.5 Å². The van der Waals surface area contributed by atoms with E-state index in [0.29, 0.717) is 10.7 Å². The number of carbonyl (C=O) groups is 1. The van der Waals surface area contributed by atoms with Crippen LogP contribution < -0.4 is 5.32 Å². The Morgan fingerprint density at radius 1 is 1.47 bits per heavy atom. The molecule has 80 valence electrons. The number of aromatic nitrogens is 1. The molecule has 1 heterocycles. The maximum Gasteiger partial charge on any atom is 0.267 e. The Balaban J connectivity index is 3.01. The lowest BCUT2D eigenvalue weighted by Gasteiger charge is -2.07. The van der Waals surface area contributed by atoms with Gasteiger partial charge in [0.25, 0.3) is 5.91 Å². The van der Waals surface area contributed by atoms with E-state index in [2.05, 4.69) is 16.9 Å². The first-order valence-electron chi connectivity index (χ1n) is 3.90. The van der Waals surface area contributed by atoms with E-state index in [1.807, 2.05) is 0 Å². The molecular weight excluding hydrogens is 258 g/mol. The molecule has 1 N–H and O–H groups in total. The molecule has 6 heteroatoms. The summed E-state index contributed by atoms with van der Waals surface area (Å²) in [5, 5.41) is 2.95. The van der Waals surface area contributed by atoms with Crippen molar-refractivity contribution in [1.82, 2.24) is 4.98 Å². The number of nitrogens with one attached hydrogen (secondary N) is 1. The Morgan fingerprint density at radius 3 is 2.60 bits per heavy atom. The average Bonchev–Trinajstić information content (AvgIpc) is 2.13. The van der Waals surface area contributed by atoms with Crippen LogP contribution in [0.15, 0.2) is 17.7 Å². The predicted molar refractivity (Wildman–Crippen MR) is 62.6 cm³/mol. The second-order valence-electron chi connectivity index (χ2n) is 2.75. The van der Waals surface area contributed by atoms with Crippen LogP contribution in [0.25, 0.3) is 0 Å². The van der Waals surface area contributed by atoms with Gasteiger partial charge in [-0.3, -0.25) is 4.79 Å². The summed E-state index contributed by atoms with van der Waals surface area (Å²) in [6, 6.07) is 1.50. The van der Waals surface area contributed by atoms with Crippen molar-refractivity contribution in [3.8, 4) is 0 Å². The second kappa shape index (κ2) is 4.84. The van der Waals surface area contributed by atoms with Crippen molar-refractivity contribution in [2.45, 2.75) is 6.92 Å². The highest BCUT2D eigenvalue weighted by Gasteiger charge is 2.10. The van der Waals surface area contributed by atoms with Gasteiger partial charge in [0.1, 0.15) is 0 Å². The van der Waals surface area contributed by atoms with Gasteiger partial charge < -0.3 is 5.32 Å². The Bertz CT molecular complexity index is 432. The van der Waals surface area contributed by atoms with E-state index in [1.54, 1.807) is 6.92 Å². The topological polar surface area (TPSA) is 42.0 Å². The number of carbonyl (C=O) groups excluding carboxylic acids is 1. The van der Waals surface area contributed by atoms with E-state index in [-0.39, 0.29) is 15.9 Å². The third kappa shape index (κ3) is 3.09. The monoisotopic (exact) mass is 264 g/mol. The van der Waals surface area contributed by atoms with Crippen LogP contribution >= 0.6 is 34.8 Å². The van der Waals surface area contributed by atoms with Gasteiger partial charge in [-0.05, 0) is 13.0 Å². The van der Waals surface area contributed by atoms with Gasteiger partial charge in [-0.25, -0.2) is 4.98 Å². The minimum Gasteiger partial charge on any atom is -0.305 e. The first-order chi connectivity index (χ1) is 6.91. The predicted octanol–water partition coefficient (Wildman–Crippen LogP) is 3.39. The molecule has 0 aliphatic heterocycles. The number of hydrogen-bond donors (Lipinski definition) is 1. The van der Waals surface area contributed by atoms with Gasteiger partial charge >= 0.3 is 0 Å².